The molecule has 1 aromatic rings. The third-order valence-corrected chi connectivity index (χ3v) is 5.65. The first-order chi connectivity index (χ1) is 14.2. The Labute approximate surface area is 173 Å². The molecule has 1 saturated carbocycles. The number of rotatable bonds is 9. The second-order valence-electron chi connectivity index (χ2n) is 7.77. The van der Waals surface area contributed by atoms with Crippen LogP contribution in [0.3, 0.4) is 0 Å². The number of likely N-dealkylation sites (tertiary alicyclic amines) is 1. The van der Waals surface area contributed by atoms with Crippen LogP contribution in [-0.4, -0.2) is 62.8 Å². The highest BCUT2D eigenvalue weighted by Crippen LogP contribution is 2.32. The number of nitrogens with zero attached hydrogens (tertiary/aromatic N) is 2. The number of piperidine rings is 1. The van der Waals surface area contributed by atoms with Gasteiger partial charge in [-0.05, 0) is 63.7 Å². The molecule has 3 N–H and O–H groups in total. The summed E-state index contributed by atoms with van der Waals surface area (Å²) in [5, 5.41) is 9.77. The van der Waals surface area contributed by atoms with Gasteiger partial charge in [-0.15, -0.1) is 0 Å². The minimum atomic E-state index is -0.350. The number of carbonyl (C=O) groups excluding carboxylic acids is 1. The molecule has 1 saturated heterocycles. The van der Waals surface area contributed by atoms with Crippen molar-refractivity contribution in [1.29, 1.82) is 0 Å². The fourth-order valence-corrected chi connectivity index (χ4v) is 3.90. The number of ether oxygens (including phenoxy) is 1. The lowest BCUT2D eigenvalue weighted by molar-refractivity contribution is 0.145. The number of guanidine groups is 1. The van der Waals surface area contributed by atoms with E-state index in [1.165, 1.54) is 19.3 Å². The zero-order valence-electron chi connectivity index (χ0n) is 17.7. The molecule has 0 bridgehead atoms. The maximum absolute atomic E-state index is 11.8. The molecule has 8 heteroatoms. The SMILES string of the molecule is CCOC(=O)NC(CNC(=NC)NCC(c1ccco1)N1CCCCC1)C1CC1. The molecular weight excluding hydrogens is 370 g/mol. The number of carbonyl (C=O) groups is 1. The molecule has 1 amide bonds. The lowest BCUT2D eigenvalue weighted by Crippen LogP contribution is -2.49. The first kappa shape index (κ1) is 21.5. The molecule has 29 heavy (non-hydrogen) atoms. The molecule has 2 fully saturated rings. The summed E-state index contributed by atoms with van der Waals surface area (Å²) in [7, 11) is 1.77. The van der Waals surface area contributed by atoms with Crippen molar-refractivity contribution in [1.82, 2.24) is 20.9 Å². The minimum absolute atomic E-state index is 0.0514. The Bertz CT molecular complexity index is 639. The van der Waals surface area contributed by atoms with E-state index in [9.17, 15) is 4.79 Å². The minimum Gasteiger partial charge on any atom is -0.468 e. The van der Waals surface area contributed by atoms with Crippen molar-refractivity contribution in [3.63, 3.8) is 0 Å². The summed E-state index contributed by atoms with van der Waals surface area (Å²) in [4.78, 5) is 18.6. The van der Waals surface area contributed by atoms with Crippen LogP contribution in [0.2, 0.25) is 0 Å². The summed E-state index contributed by atoms with van der Waals surface area (Å²) in [5.41, 5.74) is 0. The van der Waals surface area contributed by atoms with E-state index >= 15 is 0 Å². The van der Waals surface area contributed by atoms with Gasteiger partial charge in [0.2, 0.25) is 0 Å². The summed E-state index contributed by atoms with van der Waals surface area (Å²) in [5.74, 6) is 2.22. The van der Waals surface area contributed by atoms with Crippen LogP contribution >= 0.6 is 0 Å². The first-order valence-electron chi connectivity index (χ1n) is 10.9. The van der Waals surface area contributed by atoms with E-state index in [4.69, 9.17) is 9.15 Å². The van der Waals surface area contributed by atoms with Gasteiger partial charge in [-0.3, -0.25) is 9.89 Å². The molecule has 2 heterocycles. The van der Waals surface area contributed by atoms with Gasteiger partial charge in [0.15, 0.2) is 5.96 Å². The second-order valence-corrected chi connectivity index (χ2v) is 7.77. The lowest BCUT2D eigenvalue weighted by Gasteiger charge is -2.33. The average molecular weight is 406 g/mol. The van der Waals surface area contributed by atoms with Crippen LogP contribution in [0.1, 0.15) is 50.8 Å². The van der Waals surface area contributed by atoms with Crippen molar-refractivity contribution >= 4 is 12.1 Å². The zero-order valence-corrected chi connectivity index (χ0v) is 17.7. The molecule has 2 aliphatic rings. The fourth-order valence-electron chi connectivity index (χ4n) is 3.90. The Morgan fingerprint density at radius 2 is 2.03 bits per heavy atom. The van der Waals surface area contributed by atoms with E-state index in [1.807, 2.05) is 19.1 Å². The van der Waals surface area contributed by atoms with Crippen molar-refractivity contribution in [3.05, 3.63) is 24.2 Å². The van der Waals surface area contributed by atoms with Gasteiger partial charge in [-0.1, -0.05) is 6.42 Å². The first-order valence-corrected chi connectivity index (χ1v) is 10.9. The van der Waals surface area contributed by atoms with Crippen LogP contribution in [0.4, 0.5) is 4.79 Å². The smallest absolute Gasteiger partial charge is 0.407 e. The summed E-state index contributed by atoms with van der Waals surface area (Å²) < 4.78 is 10.7. The Morgan fingerprint density at radius 1 is 1.28 bits per heavy atom. The number of amides is 1. The Morgan fingerprint density at radius 3 is 2.66 bits per heavy atom. The molecule has 0 spiro atoms. The van der Waals surface area contributed by atoms with E-state index < -0.39 is 0 Å². The molecule has 1 aliphatic carbocycles. The Balaban J connectivity index is 1.52. The monoisotopic (exact) mass is 405 g/mol. The van der Waals surface area contributed by atoms with E-state index in [1.54, 1.807) is 13.3 Å². The van der Waals surface area contributed by atoms with Gasteiger partial charge in [0.1, 0.15) is 5.76 Å². The van der Waals surface area contributed by atoms with E-state index in [-0.39, 0.29) is 18.2 Å². The number of hydrogen-bond donors (Lipinski definition) is 3. The van der Waals surface area contributed by atoms with E-state index in [0.29, 0.717) is 25.6 Å². The summed E-state index contributed by atoms with van der Waals surface area (Å²) >= 11 is 0. The van der Waals surface area contributed by atoms with Gasteiger partial charge in [0.25, 0.3) is 0 Å². The van der Waals surface area contributed by atoms with Crippen molar-refractivity contribution in [2.45, 2.75) is 51.1 Å². The standard InChI is InChI=1S/C21H35N5O3/c1-3-28-21(27)25-17(16-9-10-16)14-23-20(22-2)24-15-18(19-8-7-13-29-19)26-11-5-4-6-12-26/h7-8,13,16-18H,3-6,9-12,14-15H2,1-2H3,(H,25,27)(H2,22,23,24). The van der Waals surface area contributed by atoms with Crippen molar-refractivity contribution in [2.75, 3.05) is 39.8 Å². The number of hydrogen-bond acceptors (Lipinski definition) is 5. The maximum Gasteiger partial charge on any atom is 0.407 e. The van der Waals surface area contributed by atoms with Gasteiger partial charge in [-0.25, -0.2) is 4.79 Å². The summed E-state index contributed by atoms with van der Waals surface area (Å²) in [6, 6.07) is 4.22. The normalized spacial score (nSPS) is 20.0. The number of aliphatic imine (C=N–C) groups is 1. The topological polar surface area (TPSA) is 91.1 Å². The van der Waals surface area contributed by atoms with Crippen molar-refractivity contribution in [2.24, 2.45) is 10.9 Å². The molecule has 0 aromatic carbocycles. The maximum atomic E-state index is 11.8. The predicted molar refractivity (Wildman–Crippen MR) is 113 cm³/mol. The summed E-state index contributed by atoms with van der Waals surface area (Å²) in [6.07, 6.45) is 7.42. The molecule has 3 rings (SSSR count). The van der Waals surface area contributed by atoms with Crippen LogP contribution in [0.25, 0.3) is 0 Å². The number of nitrogens with one attached hydrogen (secondary N) is 3. The number of alkyl carbamates (subject to hydrolysis) is 1. The van der Waals surface area contributed by atoms with Crippen LogP contribution < -0.4 is 16.0 Å². The van der Waals surface area contributed by atoms with Crippen LogP contribution in [0.5, 0.6) is 0 Å². The van der Waals surface area contributed by atoms with Crippen LogP contribution in [0.15, 0.2) is 27.8 Å². The quantitative estimate of drug-likeness (QED) is 0.432. The van der Waals surface area contributed by atoms with E-state index in [0.717, 1.165) is 37.7 Å². The molecule has 8 nitrogen and oxygen atoms in total. The largest absolute Gasteiger partial charge is 0.468 e. The third kappa shape index (κ3) is 6.66. The van der Waals surface area contributed by atoms with Gasteiger partial charge >= 0.3 is 6.09 Å². The van der Waals surface area contributed by atoms with Gasteiger partial charge in [0.05, 0.1) is 25.0 Å². The van der Waals surface area contributed by atoms with Crippen molar-refractivity contribution in [3.8, 4) is 0 Å². The highest BCUT2D eigenvalue weighted by molar-refractivity contribution is 5.79. The Hall–Kier alpha value is -2.22. The van der Waals surface area contributed by atoms with Gasteiger partial charge < -0.3 is 25.1 Å². The molecule has 1 aromatic heterocycles. The Kier molecular flexibility index (Phi) is 8.22. The second kappa shape index (κ2) is 11.1. The van der Waals surface area contributed by atoms with Crippen LogP contribution in [0, 0.1) is 5.92 Å². The predicted octanol–water partition coefficient (Wildman–Crippen LogP) is 2.50. The summed E-state index contributed by atoms with van der Waals surface area (Å²) in [6.45, 7) is 5.71. The third-order valence-electron chi connectivity index (χ3n) is 5.65. The highest BCUT2D eigenvalue weighted by atomic mass is 16.5. The number of furan rings is 1. The molecule has 162 valence electrons. The lowest BCUT2D eigenvalue weighted by atomic mass is 10.1. The van der Waals surface area contributed by atoms with Gasteiger partial charge in [0, 0.05) is 20.1 Å². The molecule has 2 atom stereocenters. The molecular formula is C21H35N5O3. The highest BCUT2D eigenvalue weighted by Gasteiger charge is 2.33. The van der Waals surface area contributed by atoms with Crippen molar-refractivity contribution < 1.29 is 13.9 Å². The zero-order chi connectivity index (χ0) is 20.5. The fraction of sp³-hybridized carbons (Fsp3) is 0.714. The van der Waals surface area contributed by atoms with Gasteiger partial charge in [-0.2, -0.15) is 0 Å². The average Bonchev–Trinajstić information content (AvgIpc) is 3.45. The van der Waals surface area contributed by atoms with E-state index in [2.05, 4.69) is 25.8 Å². The van der Waals surface area contributed by atoms with Crippen LogP contribution in [-0.2, 0) is 4.74 Å². The molecule has 2 unspecified atom stereocenters. The molecule has 0 radical (unpaired) electrons. The molecule has 1 aliphatic heterocycles.